The molecule has 0 aliphatic carbocycles. The molecule has 1 rings (SSSR count). The lowest BCUT2D eigenvalue weighted by Crippen LogP contribution is -2.32. The van der Waals surface area contributed by atoms with Crippen LogP contribution in [0.4, 0.5) is 0 Å². The van der Waals surface area contributed by atoms with Gasteiger partial charge in [0.25, 0.3) is 0 Å². The highest BCUT2D eigenvalue weighted by atomic mass is 79.9. The number of nitrogens with one attached hydrogen (secondary N) is 1. The molecule has 0 aliphatic heterocycles. The second-order valence-electron chi connectivity index (χ2n) is 4.53. The Balaban J connectivity index is 2.45. The van der Waals surface area contributed by atoms with Gasteiger partial charge in [-0.25, -0.2) is 0 Å². The molecule has 0 fully saturated rings. The Bertz CT molecular complexity index is 328. The van der Waals surface area contributed by atoms with E-state index in [1.54, 1.807) is 0 Å². The van der Waals surface area contributed by atoms with Crippen molar-refractivity contribution in [2.75, 3.05) is 13.1 Å². The Hall–Kier alpha value is -0.380. The highest BCUT2D eigenvalue weighted by Crippen LogP contribution is 2.14. The minimum absolute atomic E-state index is 0.272. The zero-order chi connectivity index (χ0) is 12.7. The molecule has 3 heteroatoms. The summed E-state index contributed by atoms with van der Waals surface area (Å²) in [6, 6.07) is 8.26. The van der Waals surface area contributed by atoms with Crippen molar-refractivity contribution in [3.63, 3.8) is 0 Å². The molecule has 1 unspecified atom stereocenters. The molecule has 0 saturated carbocycles. The van der Waals surface area contributed by atoms with Crippen molar-refractivity contribution in [2.45, 2.75) is 33.5 Å². The predicted octanol–water partition coefficient (Wildman–Crippen LogP) is 3.60. The summed E-state index contributed by atoms with van der Waals surface area (Å²) in [5.41, 5.74) is 1.21. The van der Waals surface area contributed by atoms with E-state index in [2.05, 4.69) is 54.2 Å². The average molecular weight is 300 g/mol. The van der Waals surface area contributed by atoms with Crippen LogP contribution in [0.15, 0.2) is 28.7 Å². The average Bonchev–Trinajstić information content (AvgIpc) is 2.28. The Morgan fingerprint density at radius 2 is 2.12 bits per heavy atom. The molecule has 1 aromatic rings. The van der Waals surface area contributed by atoms with Crippen LogP contribution in [0.5, 0.6) is 0 Å². The van der Waals surface area contributed by atoms with Crippen LogP contribution in [0.25, 0.3) is 0 Å². The van der Waals surface area contributed by atoms with Gasteiger partial charge in [-0.2, -0.15) is 0 Å². The van der Waals surface area contributed by atoms with Gasteiger partial charge in [-0.15, -0.1) is 0 Å². The van der Waals surface area contributed by atoms with E-state index in [0.717, 1.165) is 17.6 Å². The third kappa shape index (κ3) is 5.66. The summed E-state index contributed by atoms with van der Waals surface area (Å²) in [6.45, 7) is 9.09. The summed E-state index contributed by atoms with van der Waals surface area (Å²) < 4.78 is 7.07. The van der Waals surface area contributed by atoms with Gasteiger partial charge in [0.2, 0.25) is 0 Å². The highest BCUT2D eigenvalue weighted by Gasteiger charge is 2.13. The second-order valence-corrected chi connectivity index (χ2v) is 5.45. The van der Waals surface area contributed by atoms with Crippen LogP contribution >= 0.6 is 15.9 Å². The molecular formula is C14H22BrNO. The van der Waals surface area contributed by atoms with Gasteiger partial charge < -0.3 is 10.1 Å². The van der Waals surface area contributed by atoms with Gasteiger partial charge in [0.1, 0.15) is 0 Å². The lowest BCUT2D eigenvalue weighted by molar-refractivity contribution is 0.0116. The normalized spacial score (nSPS) is 13.0. The lowest BCUT2D eigenvalue weighted by atomic mass is 10.1. The van der Waals surface area contributed by atoms with Crippen LogP contribution in [-0.2, 0) is 11.3 Å². The van der Waals surface area contributed by atoms with E-state index in [4.69, 9.17) is 4.74 Å². The van der Waals surface area contributed by atoms with Crippen LogP contribution in [0.1, 0.15) is 26.3 Å². The van der Waals surface area contributed by atoms with Crippen LogP contribution in [0.3, 0.4) is 0 Å². The van der Waals surface area contributed by atoms with E-state index >= 15 is 0 Å². The molecule has 0 radical (unpaired) electrons. The molecule has 0 amide bonds. The van der Waals surface area contributed by atoms with Gasteiger partial charge in [0, 0.05) is 11.0 Å². The van der Waals surface area contributed by atoms with Crippen molar-refractivity contribution in [1.29, 1.82) is 0 Å². The maximum absolute atomic E-state index is 5.96. The van der Waals surface area contributed by atoms with E-state index in [0.29, 0.717) is 12.5 Å². The quantitative estimate of drug-likeness (QED) is 0.831. The molecule has 1 aromatic carbocycles. The Morgan fingerprint density at radius 3 is 2.71 bits per heavy atom. The lowest BCUT2D eigenvalue weighted by Gasteiger charge is -2.22. The van der Waals surface area contributed by atoms with Crippen LogP contribution in [0.2, 0.25) is 0 Å². The molecule has 1 atom stereocenters. The van der Waals surface area contributed by atoms with Crippen molar-refractivity contribution in [3.05, 3.63) is 34.3 Å². The van der Waals surface area contributed by atoms with E-state index in [-0.39, 0.29) is 6.10 Å². The molecule has 1 N–H and O–H groups in total. The summed E-state index contributed by atoms with van der Waals surface area (Å²) in [5.74, 6) is 0.529. The first-order valence-corrected chi connectivity index (χ1v) is 6.99. The Kier molecular flexibility index (Phi) is 6.78. The summed E-state index contributed by atoms with van der Waals surface area (Å²) >= 11 is 3.47. The third-order valence-electron chi connectivity index (χ3n) is 2.69. The first-order chi connectivity index (χ1) is 8.13. The van der Waals surface area contributed by atoms with Crippen LogP contribution in [-0.4, -0.2) is 19.2 Å². The van der Waals surface area contributed by atoms with Gasteiger partial charge in [-0.3, -0.25) is 0 Å². The number of benzene rings is 1. The number of rotatable bonds is 7. The smallest absolute Gasteiger partial charge is 0.0726 e. The molecule has 0 bridgehead atoms. The zero-order valence-corrected chi connectivity index (χ0v) is 12.5. The van der Waals surface area contributed by atoms with Crippen molar-refractivity contribution in [3.8, 4) is 0 Å². The summed E-state index contributed by atoms with van der Waals surface area (Å²) in [5, 5.41) is 3.34. The first-order valence-electron chi connectivity index (χ1n) is 6.20. The van der Waals surface area contributed by atoms with Gasteiger partial charge in [0.05, 0.1) is 12.7 Å². The number of ether oxygens (including phenoxy) is 1. The maximum atomic E-state index is 5.96. The molecule has 0 saturated heterocycles. The topological polar surface area (TPSA) is 21.3 Å². The van der Waals surface area contributed by atoms with Crippen LogP contribution in [0, 0.1) is 5.92 Å². The Morgan fingerprint density at radius 1 is 1.35 bits per heavy atom. The van der Waals surface area contributed by atoms with Crippen molar-refractivity contribution in [2.24, 2.45) is 5.92 Å². The monoisotopic (exact) mass is 299 g/mol. The number of halogens is 1. The van der Waals surface area contributed by atoms with Gasteiger partial charge >= 0.3 is 0 Å². The third-order valence-corrected chi connectivity index (χ3v) is 3.19. The van der Waals surface area contributed by atoms with Crippen molar-refractivity contribution in [1.82, 2.24) is 5.32 Å². The second kappa shape index (κ2) is 7.85. The number of likely N-dealkylation sites (N-methyl/N-ethyl adjacent to an activating group) is 1. The molecule has 0 aromatic heterocycles. The minimum atomic E-state index is 0.272. The minimum Gasteiger partial charge on any atom is -0.372 e. The van der Waals surface area contributed by atoms with E-state index < -0.39 is 0 Å². The van der Waals surface area contributed by atoms with Crippen molar-refractivity contribution < 1.29 is 4.74 Å². The Labute approximate surface area is 113 Å². The predicted molar refractivity (Wildman–Crippen MR) is 76.1 cm³/mol. The summed E-state index contributed by atoms with van der Waals surface area (Å²) in [4.78, 5) is 0. The van der Waals surface area contributed by atoms with Crippen molar-refractivity contribution >= 4 is 15.9 Å². The SMILES string of the molecule is CCNCC(OCc1cccc(Br)c1)C(C)C. The number of hydrogen-bond donors (Lipinski definition) is 1. The summed E-state index contributed by atoms with van der Waals surface area (Å²) in [6.07, 6.45) is 0.272. The molecule has 0 aliphatic rings. The molecular weight excluding hydrogens is 278 g/mol. The van der Waals surface area contributed by atoms with Gasteiger partial charge in [0.15, 0.2) is 0 Å². The zero-order valence-electron chi connectivity index (χ0n) is 10.9. The van der Waals surface area contributed by atoms with Crippen LogP contribution < -0.4 is 5.32 Å². The highest BCUT2D eigenvalue weighted by molar-refractivity contribution is 9.10. The van der Waals surface area contributed by atoms with Gasteiger partial charge in [-0.05, 0) is 30.2 Å². The van der Waals surface area contributed by atoms with Gasteiger partial charge in [-0.1, -0.05) is 48.8 Å². The maximum Gasteiger partial charge on any atom is 0.0726 e. The molecule has 0 spiro atoms. The largest absolute Gasteiger partial charge is 0.372 e. The number of hydrogen-bond acceptors (Lipinski definition) is 2. The molecule has 17 heavy (non-hydrogen) atoms. The fourth-order valence-electron chi connectivity index (χ4n) is 1.60. The standard InChI is InChI=1S/C14H22BrNO/c1-4-16-9-14(11(2)3)17-10-12-6-5-7-13(15)8-12/h5-8,11,14,16H,4,9-10H2,1-3H3. The van der Waals surface area contributed by atoms with E-state index in [9.17, 15) is 0 Å². The molecule has 0 heterocycles. The first kappa shape index (κ1) is 14.7. The fraction of sp³-hybridized carbons (Fsp3) is 0.571. The molecule has 2 nitrogen and oxygen atoms in total. The fourth-order valence-corrected chi connectivity index (χ4v) is 2.05. The summed E-state index contributed by atoms with van der Waals surface area (Å²) in [7, 11) is 0. The van der Waals surface area contributed by atoms with E-state index in [1.165, 1.54) is 5.56 Å². The molecule has 96 valence electrons. The van der Waals surface area contributed by atoms with E-state index in [1.807, 2.05) is 12.1 Å².